The Balaban J connectivity index is 2.73. The summed E-state index contributed by atoms with van der Waals surface area (Å²) in [6.07, 6.45) is 6.46. The molecule has 2 nitrogen and oxygen atoms in total. The van der Waals surface area contributed by atoms with Gasteiger partial charge in [0.15, 0.2) is 17.5 Å². The summed E-state index contributed by atoms with van der Waals surface area (Å²) in [6.45, 7) is -0.113. The molecule has 0 atom stereocenters. The third kappa shape index (κ3) is 3.71. The number of hydrogen-bond acceptors (Lipinski definition) is 2. The van der Waals surface area contributed by atoms with Gasteiger partial charge >= 0.3 is 5.97 Å². The van der Waals surface area contributed by atoms with Gasteiger partial charge in [-0.1, -0.05) is 0 Å². The second kappa shape index (κ2) is 6.78. The van der Waals surface area contributed by atoms with E-state index in [0.29, 0.717) is 19.3 Å². The Morgan fingerprint density at radius 3 is 2.47 bits per heavy atom. The van der Waals surface area contributed by atoms with Crippen LogP contribution < -0.4 is 0 Å². The Morgan fingerprint density at radius 1 is 1.16 bits per heavy atom. The molecule has 0 spiro atoms. The summed E-state index contributed by atoms with van der Waals surface area (Å²) < 4.78 is 56.5. The molecule has 0 saturated carbocycles. The lowest BCUT2D eigenvalue weighted by Gasteiger charge is -2.07. The van der Waals surface area contributed by atoms with Gasteiger partial charge in [0.2, 0.25) is 0 Å². The number of unbranched alkanes of at least 4 members (excludes halogenated alkanes) is 2. The highest BCUT2D eigenvalue weighted by atomic mass is 19.2. The molecule has 1 aromatic carbocycles. The minimum absolute atomic E-state index is 0.0906. The van der Waals surface area contributed by atoms with Crippen molar-refractivity contribution in [2.24, 2.45) is 0 Å². The van der Waals surface area contributed by atoms with E-state index >= 15 is 0 Å². The first-order valence-corrected chi connectivity index (χ1v) is 5.42. The quantitative estimate of drug-likeness (QED) is 0.206. The number of carbonyl (C=O) groups is 1. The van der Waals surface area contributed by atoms with Gasteiger partial charge in [-0.05, 0) is 12.8 Å². The lowest BCUT2D eigenvalue weighted by atomic mass is 10.2. The van der Waals surface area contributed by atoms with E-state index in [9.17, 15) is 22.4 Å². The SMILES string of the molecule is C#CCCCCOC(=O)c1c(F)cc(F)c(F)c1F. The minimum Gasteiger partial charge on any atom is -0.462 e. The van der Waals surface area contributed by atoms with Crippen molar-refractivity contribution in [3.8, 4) is 12.3 Å². The lowest BCUT2D eigenvalue weighted by molar-refractivity contribution is 0.0486. The van der Waals surface area contributed by atoms with Crippen molar-refractivity contribution < 1.29 is 27.1 Å². The molecule has 0 bridgehead atoms. The number of hydrogen-bond donors (Lipinski definition) is 0. The molecule has 6 heteroatoms. The molecule has 1 aromatic rings. The van der Waals surface area contributed by atoms with Crippen molar-refractivity contribution >= 4 is 5.97 Å². The van der Waals surface area contributed by atoms with Gasteiger partial charge in [-0.3, -0.25) is 0 Å². The number of benzene rings is 1. The zero-order chi connectivity index (χ0) is 14.4. The highest BCUT2D eigenvalue weighted by Crippen LogP contribution is 2.20. The summed E-state index contributed by atoms with van der Waals surface area (Å²) in [4.78, 5) is 11.4. The van der Waals surface area contributed by atoms with E-state index in [0.717, 1.165) is 0 Å². The van der Waals surface area contributed by atoms with E-state index < -0.39 is 34.8 Å². The fraction of sp³-hybridized carbons (Fsp3) is 0.308. The first kappa shape index (κ1) is 15.0. The van der Waals surface area contributed by atoms with Crippen molar-refractivity contribution in [2.45, 2.75) is 19.3 Å². The van der Waals surface area contributed by atoms with Gasteiger partial charge in [0.05, 0.1) is 6.61 Å². The maximum atomic E-state index is 13.2. The van der Waals surface area contributed by atoms with Gasteiger partial charge in [-0.25, -0.2) is 22.4 Å². The topological polar surface area (TPSA) is 26.3 Å². The van der Waals surface area contributed by atoms with Crippen LogP contribution in [0.5, 0.6) is 0 Å². The van der Waals surface area contributed by atoms with Gasteiger partial charge in [0.25, 0.3) is 0 Å². The van der Waals surface area contributed by atoms with Crippen LogP contribution in [-0.2, 0) is 4.74 Å². The lowest BCUT2D eigenvalue weighted by Crippen LogP contribution is -2.13. The van der Waals surface area contributed by atoms with Crippen LogP contribution >= 0.6 is 0 Å². The average Bonchev–Trinajstić information content (AvgIpc) is 2.36. The van der Waals surface area contributed by atoms with Crippen LogP contribution in [-0.4, -0.2) is 12.6 Å². The van der Waals surface area contributed by atoms with Gasteiger partial charge in [0.1, 0.15) is 11.4 Å². The largest absolute Gasteiger partial charge is 0.462 e. The van der Waals surface area contributed by atoms with E-state index in [4.69, 9.17) is 6.42 Å². The molecule has 0 aromatic heterocycles. The van der Waals surface area contributed by atoms with Crippen LogP contribution in [0.3, 0.4) is 0 Å². The highest BCUT2D eigenvalue weighted by molar-refractivity contribution is 5.90. The number of carbonyl (C=O) groups excluding carboxylic acids is 1. The molecule has 19 heavy (non-hydrogen) atoms. The summed E-state index contributed by atoms with van der Waals surface area (Å²) in [5.74, 6) is -6.04. The van der Waals surface area contributed by atoms with Crippen molar-refractivity contribution in [1.29, 1.82) is 0 Å². The summed E-state index contributed by atoms with van der Waals surface area (Å²) in [6, 6.07) is 0.0906. The molecular weight excluding hydrogens is 264 g/mol. The monoisotopic (exact) mass is 274 g/mol. The molecule has 1 rings (SSSR count). The van der Waals surface area contributed by atoms with Crippen LogP contribution in [0.15, 0.2) is 6.07 Å². The third-order valence-corrected chi connectivity index (χ3v) is 2.27. The van der Waals surface area contributed by atoms with E-state index in [1.54, 1.807) is 0 Å². The maximum Gasteiger partial charge on any atom is 0.344 e. The first-order valence-electron chi connectivity index (χ1n) is 5.42. The molecule has 0 radical (unpaired) electrons. The molecule has 0 unspecified atom stereocenters. The number of halogens is 4. The zero-order valence-corrected chi connectivity index (χ0v) is 9.81. The number of ether oxygens (including phenoxy) is 1. The molecule has 102 valence electrons. The summed E-state index contributed by atoms with van der Waals surface area (Å²) >= 11 is 0. The smallest absolute Gasteiger partial charge is 0.344 e. The Kier molecular flexibility index (Phi) is 5.37. The van der Waals surface area contributed by atoms with Crippen LogP contribution in [0.25, 0.3) is 0 Å². The Hall–Kier alpha value is -2.03. The van der Waals surface area contributed by atoms with Crippen molar-refractivity contribution in [1.82, 2.24) is 0 Å². The van der Waals surface area contributed by atoms with E-state index in [1.165, 1.54) is 0 Å². The van der Waals surface area contributed by atoms with Crippen molar-refractivity contribution in [3.05, 3.63) is 34.9 Å². The van der Waals surface area contributed by atoms with Crippen molar-refractivity contribution in [2.75, 3.05) is 6.61 Å². The molecule has 0 heterocycles. The van der Waals surface area contributed by atoms with E-state index in [2.05, 4.69) is 10.7 Å². The first-order chi connectivity index (χ1) is 8.99. The van der Waals surface area contributed by atoms with Crippen molar-refractivity contribution in [3.63, 3.8) is 0 Å². The third-order valence-electron chi connectivity index (χ3n) is 2.27. The number of rotatable bonds is 5. The summed E-state index contributed by atoms with van der Waals surface area (Å²) in [5.41, 5.74) is -1.24. The molecule has 0 saturated heterocycles. The van der Waals surface area contributed by atoms with E-state index in [1.807, 2.05) is 0 Å². The van der Waals surface area contributed by atoms with Crippen LogP contribution in [0.1, 0.15) is 29.6 Å². The predicted molar refractivity (Wildman–Crippen MR) is 59.2 cm³/mol. The van der Waals surface area contributed by atoms with Crippen LogP contribution in [0.2, 0.25) is 0 Å². The molecule has 0 amide bonds. The molecule has 0 aliphatic rings. The Bertz CT molecular complexity index is 520. The van der Waals surface area contributed by atoms with Gasteiger partial charge in [-0.2, -0.15) is 0 Å². The minimum atomic E-state index is -1.92. The molecule has 0 aliphatic heterocycles. The fourth-order valence-electron chi connectivity index (χ4n) is 1.32. The molecular formula is C13H10F4O2. The fourth-order valence-corrected chi connectivity index (χ4v) is 1.32. The normalized spacial score (nSPS) is 10.1. The highest BCUT2D eigenvalue weighted by Gasteiger charge is 2.25. The van der Waals surface area contributed by atoms with Crippen LogP contribution in [0.4, 0.5) is 17.6 Å². The number of esters is 1. The van der Waals surface area contributed by atoms with Gasteiger partial charge in [-0.15, -0.1) is 12.3 Å². The molecule has 0 N–H and O–H groups in total. The number of terminal acetylenes is 1. The molecule has 0 aliphatic carbocycles. The predicted octanol–water partition coefficient (Wildman–Crippen LogP) is 3.20. The van der Waals surface area contributed by atoms with Gasteiger partial charge < -0.3 is 4.74 Å². The zero-order valence-electron chi connectivity index (χ0n) is 9.81. The second-order valence-electron chi connectivity index (χ2n) is 3.64. The summed E-state index contributed by atoms with van der Waals surface area (Å²) in [7, 11) is 0. The second-order valence-corrected chi connectivity index (χ2v) is 3.64. The maximum absolute atomic E-state index is 13.2. The standard InChI is InChI=1S/C13H10F4O2/c1-2-3-4-5-6-19-13(18)10-8(14)7-9(15)11(16)12(10)17/h1,7H,3-6H2. The Morgan fingerprint density at radius 2 is 1.84 bits per heavy atom. The van der Waals surface area contributed by atoms with Crippen LogP contribution in [0, 0.1) is 35.6 Å². The molecule has 0 fully saturated rings. The summed E-state index contributed by atoms with van der Waals surface area (Å²) in [5, 5.41) is 0. The Labute approximate surface area is 107 Å². The van der Waals surface area contributed by atoms with E-state index in [-0.39, 0.29) is 12.7 Å². The average molecular weight is 274 g/mol. The van der Waals surface area contributed by atoms with Gasteiger partial charge in [0, 0.05) is 12.5 Å².